The van der Waals surface area contributed by atoms with Gasteiger partial charge in [-0.15, -0.1) is 11.3 Å². The number of nitrogens with one attached hydrogen (secondary N) is 2. The molecule has 146 valence electrons. The van der Waals surface area contributed by atoms with Crippen molar-refractivity contribution in [2.75, 3.05) is 13.1 Å². The molecule has 0 unspecified atom stereocenters. The molecule has 0 saturated heterocycles. The van der Waals surface area contributed by atoms with E-state index in [0.29, 0.717) is 29.7 Å². The lowest BCUT2D eigenvalue weighted by molar-refractivity contribution is -0.131. The molecule has 2 N–H and O–H groups in total. The van der Waals surface area contributed by atoms with Crippen molar-refractivity contribution in [1.29, 1.82) is 0 Å². The number of amides is 2. The van der Waals surface area contributed by atoms with Gasteiger partial charge >= 0.3 is 0 Å². The molecule has 0 bridgehead atoms. The van der Waals surface area contributed by atoms with Crippen LogP contribution in [0.2, 0.25) is 0 Å². The van der Waals surface area contributed by atoms with Gasteiger partial charge in [0.15, 0.2) is 5.82 Å². The molecule has 6 nitrogen and oxygen atoms in total. The third-order valence-electron chi connectivity index (χ3n) is 4.75. The monoisotopic (exact) mass is 404 g/mol. The second-order valence-electron chi connectivity index (χ2n) is 6.59. The van der Waals surface area contributed by atoms with Crippen molar-refractivity contribution in [2.24, 2.45) is 0 Å². The number of carbonyl (C=O) groups excluding carboxylic acids is 2. The summed E-state index contributed by atoms with van der Waals surface area (Å²) in [5.41, 5.74) is 2.27. The number of hydrogen-bond donors (Lipinski definition) is 2. The Balaban J connectivity index is 1.32. The van der Waals surface area contributed by atoms with Gasteiger partial charge in [0.05, 0.1) is 11.0 Å². The van der Waals surface area contributed by atoms with Gasteiger partial charge in [0, 0.05) is 36.5 Å². The summed E-state index contributed by atoms with van der Waals surface area (Å²) in [6, 6.07) is 6.57. The fraction of sp³-hybridized carbons (Fsp3) is 0.316. The lowest BCUT2D eigenvalue weighted by Crippen LogP contribution is -2.37. The summed E-state index contributed by atoms with van der Waals surface area (Å²) in [7, 11) is 0. The van der Waals surface area contributed by atoms with E-state index in [-0.39, 0.29) is 24.8 Å². The lowest BCUT2D eigenvalue weighted by atomic mass is 10.1. The molecule has 0 aliphatic carbocycles. The summed E-state index contributed by atoms with van der Waals surface area (Å²) in [6.45, 7) is 1.53. The van der Waals surface area contributed by atoms with E-state index >= 15 is 0 Å². The SMILES string of the molecule is O=C(NCCC(=O)N1CCc2sccc2C1)c1ccc2nc(C(F)F)[nH]c2c1. The highest BCUT2D eigenvalue weighted by Crippen LogP contribution is 2.24. The number of H-pyrrole nitrogens is 1. The van der Waals surface area contributed by atoms with E-state index in [2.05, 4.69) is 15.3 Å². The summed E-state index contributed by atoms with van der Waals surface area (Å²) in [5, 5.41) is 4.75. The molecule has 3 heterocycles. The Hall–Kier alpha value is -2.81. The molecular formula is C19H18F2N4O2S. The van der Waals surface area contributed by atoms with Gasteiger partial charge in [-0.1, -0.05) is 0 Å². The zero-order chi connectivity index (χ0) is 19.7. The summed E-state index contributed by atoms with van der Waals surface area (Å²) in [4.78, 5) is 34.1. The Morgan fingerprint density at radius 1 is 1.32 bits per heavy atom. The van der Waals surface area contributed by atoms with Crippen LogP contribution in [0, 0.1) is 0 Å². The largest absolute Gasteiger partial charge is 0.352 e. The first-order valence-electron chi connectivity index (χ1n) is 8.90. The minimum atomic E-state index is -2.70. The summed E-state index contributed by atoms with van der Waals surface area (Å²) in [6.07, 6.45) is -1.61. The van der Waals surface area contributed by atoms with Crippen LogP contribution in [0.4, 0.5) is 8.78 Å². The van der Waals surface area contributed by atoms with Gasteiger partial charge in [-0.2, -0.15) is 0 Å². The van der Waals surface area contributed by atoms with Gasteiger partial charge in [-0.3, -0.25) is 9.59 Å². The summed E-state index contributed by atoms with van der Waals surface area (Å²) in [5.74, 6) is -0.780. The summed E-state index contributed by atoms with van der Waals surface area (Å²) < 4.78 is 25.4. The van der Waals surface area contributed by atoms with Crippen molar-refractivity contribution in [3.05, 3.63) is 51.5 Å². The second kappa shape index (κ2) is 7.67. The van der Waals surface area contributed by atoms with Crippen LogP contribution in [-0.2, 0) is 17.8 Å². The molecule has 3 aromatic rings. The van der Waals surface area contributed by atoms with E-state index in [1.807, 2.05) is 16.3 Å². The van der Waals surface area contributed by atoms with Crippen LogP contribution in [0.3, 0.4) is 0 Å². The van der Waals surface area contributed by atoms with E-state index in [0.717, 1.165) is 6.42 Å². The number of alkyl halides is 2. The Bertz CT molecular complexity index is 1030. The molecular weight excluding hydrogens is 386 g/mol. The van der Waals surface area contributed by atoms with Gasteiger partial charge in [-0.25, -0.2) is 13.8 Å². The van der Waals surface area contributed by atoms with E-state index in [9.17, 15) is 18.4 Å². The van der Waals surface area contributed by atoms with Gasteiger partial charge in [0.25, 0.3) is 12.3 Å². The highest BCUT2D eigenvalue weighted by Gasteiger charge is 2.21. The predicted molar refractivity (Wildman–Crippen MR) is 101 cm³/mol. The number of nitrogens with zero attached hydrogens (tertiary/aromatic N) is 2. The maximum atomic E-state index is 12.7. The highest BCUT2D eigenvalue weighted by atomic mass is 32.1. The maximum Gasteiger partial charge on any atom is 0.295 e. The standard InChI is InChI=1S/C19H18F2N4O2S/c20-17(21)18-23-13-2-1-11(9-14(13)24-18)19(27)22-6-3-16(26)25-7-4-15-12(10-25)5-8-28-15/h1-2,5,8-9,17H,3-4,6-7,10H2,(H,22,27)(H,23,24). The van der Waals surface area contributed by atoms with Crippen molar-refractivity contribution >= 4 is 34.2 Å². The zero-order valence-electron chi connectivity index (χ0n) is 14.9. The third kappa shape index (κ3) is 3.75. The van der Waals surface area contributed by atoms with Gasteiger partial charge < -0.3 is 15.2 Å². The lowest BCUT2D eigenvalue weighted by Gasteiger charge is -2.27. The number of aromatic nitrogens is 2. The smallest absolute Gasteiger partial charge is 0.295 e. The van der Waals surface area contributed by atoms with Crippen molar-refractivity contribution in [3.8, 4) is 0 Å². The molecule has 2 amide bonds. The van der Waals surface area contributed by atoms with Gasteiger partial charge in [0.1, 0.15) is 0 Å². The topological polar surface area (TPSA) is 78.1 Å². The fourth-order valence-corrected chi connectivity index (χ4v) is 4.17. The minimum absolute atomic E-state index is 0.00254. The second-order valence-corrected chi connectivity index (χ2v) is 7.60. The molecule has 9 heteroatoms. The van der Waals surface area contributed by atoms with Crippen LogP contribution in [-0.4, -0.2) is 39.8 Å². The molecule has 2 aromatic heterocycles. The fourth-order valence-electron chi connectivity index (χ4n) is 3.28. The number of benzene rings is 1. The number of aromatic amines is 1. The van der Waals surface area contributed by atoms with Crippen molar-refractivity contribution < 1.29 is 18.4 Å². The molecule has 1 aromatic carbocycles. The molecule has 28 heavy (non-hydrogen) atoms. The number of halogens is 2. The van der Waals surface area contributed by atoms with Crippen molar-refractivity contribution in [2.45, 2.75) is 25.8 Å². The molecule has 4 rings (SSSR count). The van der Waals surface area contributed by atoms with E-state index in [1.54, 1.807) is 11.3 Å². The maximum absolute atomic E-state index is 12.7. The average Bonchev–Trinajstić information content (AvgIpc) is 3.33. The summed E-state index contributed by atoms with van der Waals surface area (Å²) >= 11 is 1.72. The average molecular weight is 404 g/mol. The number of fused-ring (bicyclic) bond motifs is 2. The number of imidazole rings is 1. The van der Waals surface area contributed by atoms with Crippen LogP contribution >= 0.6 is 11.3 Å². The molecule has 0 spiro atoms. The first-order chi connectivity index (χ1) is 13.5. The van der Waals surface area contributed by atoms with Crippen LogP contribution in [0.5, 0.6) is 0 Å². The molecule has 1 aliphatic heterocycles. The molecule has 0 radical (unpaired) electrons. The van der Waals surface area contributed by atoms with Crippen molar-refractivity contribution in [3.63, 3.8) is 0 Å². The zero-order valence-corrected chi connectivity index (χ0v) is 15.7. The molecule has 0 atom stereocenters. The Kier molecular flexibility index (Phi) is 5.08. The quantitative estimate of drug-likeness (QED) is 0.685. The Morgan fingerprint density at radius 3 is 3.00 bits per heavy atom. The molecule has 0 saturated carbocycles. The molecule has 0 fully saturated rings. The van der Waals surface area contributed by atoms with E-state index in [4.69, 9.17) is 0 Å². The van der Waals surface area contributed by atoms with Crippen LogP contribution < -0.4 is 5.32 Å². The molecule has 1 aliphatic rings. The number of hydrogen-bond acceptors (Lipinski definition) is 4. The Morgan fingerprint density at radius 2 is 2.18 bits per heavy atom. The highest BCUT2D eigenvalue weighted by molar-refractivity contribution is 7.10. The predicted octanol–water partition coefficient (Wildman–Crippen LogP) is 3.27. The first kappa shape index (κ1) is 18.5. The number of rotatable bonds is 5. The van der Waals surface area contributed by atoms with Crippen LogP contribution in [0.1, 0.15) is 39.5 Å². The van der Waals surface area contributed by atoms with E-state index in [1.165, 1.54) is 28.6 Å². The van der Waals surface area contributed by atoms with Gasteiger partial charge in [0.2, 0.25) is 5.91 Å². The van der Waals surface area contributed by atoms with E-state index < -0.39 is 12.2 Å². The first-order valence-corrected chi connectivity index (χ1v) is 9.78. The normalized spacial score (nSPS) is 13.8. The van der Waals surface area contributed by atoms with Crippen LogP contribution in [0.15, 0.2) is 29.6 Å². The van der Waals surface area contributed by atoms with Crippen molar-refractivity contribution in [1.82, 2.24) is 20.2 Å². The number of carbonyl (C=O) groups is 2. The van der Waals surface area contributed by atoms with Crippen LogP contribution in [0.25, 0.3) is 11.0 Å². The minimum Gasteiger partial charge on any atom is -0.352 e. The van der Waals surface area contributed by atoms with Gasteiger partial charge in [-0.05, 0) is 41.6 Å². The third-order valence-corrected chi connectivity index (χ3v) is 5.78. The Labute approximate surface area is 163 Å². The number of thiophene rings is 1.